The molecule has 0 atom stereocenters. The van der Waals surface area contributed by atoms with Gasteiger partial charge < -0.3 is 0 Å². The molecule has 0 unspecified atom stereocenters. The van der Waals surface area contributed by atoms with Crippen molar-refractivity contribution < 1.29 is 8.78 Å². The van der Waals surface area contributed by atoms with Crippen LogP contribution in [-0.2, 0) is 6.54 Å². The van der Waals surface area contributed by atoms with Crippen LogP contribution in [-0.4, -0.2) is 38.0 Å². The lowest BCUT2D eigenvalue weighted by atomic mass is 10.0. The molecule has 7 heteroatoms. The molecule has 134 valence electrons. The van der Waals surface area contributed by atoms with Crippen LogP contribution in [0.3, 0.4) is 0 Å². The third kappa shape index (κ3) is 3.77. The van der Waals surface area contributed by atoms with Gasteiger partial charge in [-0.3, -0.25) is 9.88 Å². The average molecular weight is 355 g/mol. The van der Waals surface area contributed by atoms with Gasteiger partial charge in [0.25, 0.3) is 0 Å². The Kier molecular flexibility index (Phi) is 4.71. The minimum absolute atomic E-state index is 0.286. The highest BCUT2D eigenvalue weighted by Crippen LogP contribution is 2.25. The summed E-state index contributed by atoms with van der Waals surface area (Å²) in [5, 5.41) is 8.51. The zero-order chi connectivity index (χ0) is 17.9. The Morgan fingerprint density at radius 3 is 2.54 bits per heavy atom. The van der Waals surface area contributed by atoms with E-state index in [4.69, 9.17) is 0 Å². The van der Waals surface area contributed by atoms with E-state index in [0.717, 1.165) is 43.3 Å². The molecular weight excluding hydrogens is 336 g/mol. The van der Waals surface area contributed by atoms with Gasteiger partial charge in [0, 0.05) is 43.7 Å². The molecule has 0 spiro atoms. The summed E-state index contributed by atoms with van der Waals surface area (Å²) in [6.45, 7) is 2.26. The number of hydrogen-bond donors (Lipinski definition) is 0. The van der Waals surface area contributed by atoms with Crippen molar-refractivity contribution in [3.63, 3.8) is 0 Å². The maximum absolute atomic E-state index is 13.3. The molecule has 0 aliphatic carbocycles. The molecule has 4 rings (SSSR count). The van der Waals surface area contributed by atoms with Gasteiger partial charge in [-0.15, -0.1) is 5.10 Å². The Balaban J connectivity index is 1.37. The first kappa shape index (κ1) is 16.8. The maximum atomic E-state index is 13.3. The second-order valence-corrected chi connectivity index (χ2v) is 6.61. The highest BCUT2D eigenvalue weighted by Gasteiger charge is 2.22. The highest BCUT2D eigenvalue weighted by atomic mass is 19.1. The van der Waals surface area contributed by atoms with Crippen LogP contribution in [0, 0.1) is 11.6 Å². The fraction of sp³-hybridized carbons (Fsp3) is 0.316. The summed E-state index contributed by atoms with van der Waals surface area (Å²) in [5.74, 6) is -1.05. The Morgan fingerprint density at radius 1 is 1.08 bits per heavy atom. The lowest BCUT2D eigenvalue weighted by Crippen LogP contribution is -2.34. The summed E-state index contributed by atoms with van der Waals surface area (Å²) in [5.41, 5.74) is 2.43. The van der Waals surface area contributed by atoms with E-state index in [1.807, 2.05) is 23.0 Å². The summed E-state index contributed by atoms with van der Waals surface area (Å²) in [7, 11) is 0. The monoisotopic (exact) mass is 355 g/mol. The molecule has 0 saturated carbocycles. The predicted molar refractivity (Wildman–Crippen MR) is 93.2 cm³/mol. The van der Waals surface area contributed by atoms with Crippen molar-refractivity contribution in [2.24, 2.45) is 0 Å². The summed E-state index contributed by atoms with van der Waals surface area (Å²) in [4.78, 5) is 6.32. The lowest BCUT2D eigenvalue weighted by molar-refractivity contribution is 0.172. The van der Waals surface area contributed by atoms with E-state index in [1.54, 1.807) is 12.4 Å². The molecule has 1 saturated heterocycles. The van der Waals surface area contributed by atoms with Crippen molar-refractivity contribution >= 4 is 0 Å². The van der Waals surface area contributed by atoms with E-state index in [1.165, 1.54) is 12.1 Å². The molecule has 0 bridgehead atoms. The smallest absolute Gasteiger partial charge is 0.126 e. The van der Waals surface area contributed by atoms with E-state index in [2.05, 4.69) is 20.2 Å². The minimum atomic E-state index is -0.527. The van der Waals surface area contributed by atoms with E-state index < -0.39 is 11.6 Å². The number of benzene rings is 1. The average Bonchev–Trinajstić information content (AvgIpc) is 3.12. The van der Waals surface area contributed by atoms with Crippen LogP contribution in [0.4, 0.5) is 8.78 Å². The van der Waals surface area contributed by atoms with Crippen molar-refractivity contribution in [2.45, 2.75) is 25.4 Å². The van der Waals surface area contributed by atoms with Crippen molar-refractivity contribution in [2.75, 3.05) is 13.1 Å². The third-order valence-electron chi connectivity index (χ3n) is 4.73. The van der Waals surface area contributed by atoms with Crippen LogP contribution in [0.5, 0.6) is 0 Å². The largest absolute Gasteiger partial charge is 0.299 e. The van der Waals surface area contributed by atoms with Gasteiger partial charge in [0.05, 0.1) is 12.2 Å². The van der Waals surface area contributed by atoms with Gasteiger partial charge in [-0.1, -0.05) is 5.21 Å². The topological polar surface area (TPSA) is 46.8 Å². The maximum Gasteiger partial charge on any atom is 0.126 e. The van der Waals surface area contributed by atoms with Crippen LogP contribution in [0.25, 0.3) is 11.3 Å². The number of aromatic nitrogens is 4. The first-order valence-electron chi connectivity index (χ1n) is 8.67. The molecule has 1 fully saturated rings. The number of hydrogen-bond acceptors (Lipinski definition) is 4. The zero-order valence-electron chi connectivity index (χ0n) is 14.2. The first-order valence-corrected chi connectivity index (χ1v) is 8.67. The molecule has 2 aromatic heterocycles. The van der Waals surface area contributed by atoms with Gasteiger partial charge in [-0.25, -0.2) is 13.5 Å². The molecule has 5 nitrogen and oxygen atoms in total. The number of nitrogens with zero attached hydrogens (tertiary/aromatic N) is 5. The molecular formula is C19H19F2N5. The summed E-state index contributed by atoms with van der Waals surface area (Å²) in [6, 6.07) is 7.82. The lowest BCUT2D eigenvalue weighted by Gasteiger charge is -2.31. The van der Waals surface area contributed by atoms with E-state index >= 15 is 0 Å². The van der Waals surface area contributed by atoms with Crippen molar-refractivity contribution in [1.29, 1.82) is 0 Å². The van der Waals surface area contributed by atoms with Gasteiger partial charge in [0.2, 0.25) is 0 Å². The first-order chi connectivity index (χ1) is 12.7. The molecule has 0 N–H and O–H groups in total. The molecule has 1 aromatic carbocycles. The summed E-state index contributed by atoms with van der Waals surface area (Å²) in [6.07, 6.45) is 7.31. The van der Waals surface area contributed by atoms with Crippen molar-refractivity contribution in [3.05, 3.63) is 66.1 Å². The van der Waals surface area contributed by atoms with Gasteiger partial charge >= 0.3 is 0 Å². The summed E-state index contributed by atoms with van der Waals surface area (Å²) >= 11 is 0. The van der Waals surface area contributed by atoms with Gasteiger partial charge in [-0.05, 0) is 42.7 Å². The standard InChI is InChI=1S/C19H19F2N5/c20-16-8-14(9-17(21)10-16)12-25-6-3-18(4-7-25)26-13-19(23-24-26)15-2-1-5-22-11-15/h1-2,5,8-11,13,18H,3-4,6-7,12H2. The number of likely N-dealkylation sites (tertiary alicyclic amines) is 1. The Hall–Kier alpha value is -2.67. The fourth-order valence-corrected chi connectivity index (χ4v) is 3.40. The Labute approximate surface area is 150 Å². The Bertz CT molecular complexity index is 852. The SMILES string of the molecule is Fc1cc(F)cc(CN2CCC(n3cc(-c4cccnc4)nn3)CC2)c1. The van der Waals surface area contributed by atoms with Crippen molar-refractivity contribution in [1.82, 2.24) is 24.9 Å². The Morgan fingerprint density at radius 2 is 1.85 bits per heavy atom. The van der Waals surface area contributed by atoms with Crippen LogP contribution in [0.2, 0.25) is 0 Å². The second kappa shape index (κ2) is 7.29. The number of piperidine rings is 1. The predicted octanol–water partition coefficient (Wildman–Crippen LogP) is 3.46. The van der Waals surface area contributed by atoms with Gasteiger partial charge in [0.1, 0.15) is 17.3 Å². The molecule has 3 aromatic rings. The summed E-state index contributed by atoms with van der Waals surface area (Å²) < 4.78 is 28.6. The molecule has 0 amide bonds. The highest BCUT2D eigenvalue weighted by molar-refractivity contribution is 5.55. The normalized spacial score (nSPS) is 16.1. The number of rotatable bonds is 4. The van der Waals surface area contributed by atoms with E-state index in [-0.39, 0.29) is 6.04 Å². The van der Waals surface area contributed by atoms with Crippen LogP contribution >= 0.6 is 0 Å². The molecule has 3 heterocycles. The van der Waals surface area contributed by atoms with Gasteiger partial charge in [-0.2, -0.15) is 0 Å². The van der Waals surface area contributed by atoms with Crippen LogP contribution in [0.1, 0.15) is 24.4 Å². The van der Waals surface area contributed by atoms with E-state index in [9.17, 15) is 8.78 Å². The van der Waals surface area contributed by atoms with Crippen molar-refractivity contribution in [3.8, 4) is 11.3 Å². The molecule has 1 aliphatic rings. The number of pyridine rings is 1. The molecule has 0 radical (unpaired) electrons. The number of halogens is 2. The van der Waals surface area contributed by atoms with Gasteiger partial charge in [0.15, 0.2) is 0 Å². The van der Waals surface area contributed by atoms with Crippen LogP contribution in [0.15, 0.2) is 48.9 Å². The second-order valence-electron chi connectivity index (χ2n) is 6.61. The molecule has 1 aliphatic heterocycles. The fourth-order valence-electron chi connectivity index (χ4n) is 3.40. The zero-order valence-corrected chi connectivity index (χ0v) is 14.2. The third-order valence-corrected chi connectivity index (χ3v) is 4.73. The van der Waals surface area contributed by atoms with E-state index in [0.29, 0.717) is 12.1 Å². The molecule has 26 heavy (non-hydrogen) atoms. The van der Waals surface area contributed by atoms with Crippen LogP contribution < -0.4 is 0 Å². The quantitative estimate of drug-likeness (QED) is 0.719. The minimum Gasteiger partial charge on any atom is -0.299 e.